The number of ether oxygens (including phenoxy) is 2. The molecule has 1 aliphatic carbocycles. The highest BCUT2D eigenvalue weighted by atomic mass is 16.5. The molecule has 32 heavy (non-hydrogen) atoms. The van der Waals surface area contributed by atoms with Crippen LogP contribution >= 0.6 is 0 Å². The summed E-state index contributed by atoms with van der Waals surface area (Å²) in [6, 6.07) is 5.71. The van der Waals surface area contributed by atoms with Crippen LogP contribution in [0.5, 0.6) is 0 Å². The number of carbonyl (C=O) groups excluding carboxylic acids is 1. The number of carbonyl (C=O) groups is 1. The molecule has 170 valence electrons. The fourth-order valence-electron chi connectivity index (χ4n) is 4.27. The van der Waals surface area contributed by atoms with Gasteiger partial charge >= 0.3 is 5.97 Å². The summed E-state index contributed by atoms with van der Waals surface area (Å²) in [5.74, 6) is 0.352. The third-order valence-electron chi connectivity index (χ3n) is 5.92. The van der Waals surface area contributed by atoms with Crippen LogP contribution in [0.3, 0.4) is 0 Å². The number of rotatable bonds is 7. The van der Waals surface area contributed by atoms with Crippen molar-refractivity contribution in [1.29, 1.82) is 0 Å². The summed E-state index contributed by atoms with van der Waals surface area (Å²) in [4.78, 5) is 20.5. The predicted molar refractivity (Wildman–Crippen MR) is 120 cm³/mol. The summed E-state index contributed by atoms with van der Waals surface area (Å²) < 4.78 is 11.9. The second kappa shape index (κ2) is 9.62. The summed E-state index contributed by atoms with van der Waals surface area (Å²) in [7, 11) is 3.00. The Balaban J connectivity index is 1.75. The van der Waals surface area contributed by atoms with E-state index in [-0.39, 0.29) is 17.8 Å². The van der Waals surface area contributed by atoms with Crippen LogP contribution in [-0.4, -0.2) is 63.6 Å². The Kier molecular flexibility index (Phi) is 6.66. The standard InChI is InChI=1S/C23H29N5O4/c1-14(13-31-2)26-23-25-12-21-18(16-6-9-19(24-11-16)22(30)32-3)10-20(28(21)27-23)15-4-7-17(29)8-5-15/h6,9-12,14-15,17,29H,4-5,7-8,13H2,1-3H3,(H,26,27)/t14-,15-,17-/m0/s1. The first-order chi connectivity index (χ1) is 15.5. The lowest BCUT2D eigenvalue weighted by molar-refractivity contribution is 0.0594. The Morgan fingerprint density at radius 1 is 1.22 bits per heavy atom. The van der Waals surface area contributed by atoms with Gasteiger partial charge in [-0.15, -0.1) is 5.10 Å². The second-order valence-corrected chi connectivity index (χ2v) is 8.29. The van der Waals surface area contributed by atoms with Crippen molar-refractivity contribution >= 4 is 17.4 Å². The van der Waals surface area contributed by atoms with Crippen molar-refractivity contribution in [2.45, 2.75) is 50.7 Å². The van der Waals surface area contributed by atoms with Crippen molar-refractivity contribution in [2.75, 3.05) is 26.1 Å². The highest BCUT2D eigenvalue weighted by molar-refractivity contribution is 5.88. The molecular formula is C23H29N5O4. The molecule has 3 aromatic heterocycles. The molecule has 9 nitrogen and oxygen atoms in total. The lowest BCUT2D eigenvalue weighted by atomic mass is 9.85. The topological polar surface area (TPSA) is 111 Å². The molecule has 0 saturated heterocycles. The maximum atomic E-state index is 11.7. The number of methoxy groups -OCH3 is 2. The molecule has 0 bridgehead atoms. The largest absolute Gasteiger partial charge is 0.464 e. The number of hydrogen-bond acceptors (Lipinski definition) is 8. The Bertz CT molecular complexity index is 1070. The van der Waals surface area contributed by atoms with Crippen LogP contribution in [-0.2, 0) is 9.47 Å². The molecule has 9 heteroatoms. The van der Waals surface area contributed by atoms with E-state index in [1.807, 2.05) is 17.5 Å². The van der Waals surface area contributed by atoms with Crippen molar-refractivity contribution in [1.82, 2.24) is 19.6 Å². The number of aliphatic hydroxyl groups excluding tert-OH is 1. The number of aromatic nitrogens is 4. The number of esters is 1. The van der Waals surface area contributed by atoms with E-state index >= 15 is 0 Å². The van der Waals surface area contributed by atoms with Crippen LogP contribution < -0.4 is 5.32 Å². The van der Waals surface area contributed by atoms with E-state index in [2.05, 4.69) is 21.4 Å². The van der Waals surface area contributed by atoms with Gasteiger partial charge in [-0.1, -0.05) is 6.07 Å². The molecule has 0 spiro atoms. The van der Waals surface area contributed by atoms with Crippen LogP contribution in [0.1, 0.15) is 54.7 Å². The van der Waals surface area contributed by atoms with Crippen LogP contribution in [0.2, 0.25) is 0 Å². The molecule has 1 atom stereocenters. The summed E-state index contributed by atoms with van der Waals surface area (Å²) in [5.41, 5.74) is 4.03. The summed E-state index contributed by atoms with van der Waals surface area (Å²) in [5, 5.41) is 18.0. The first kappa shape index (κ1) is 22.2. The molecule has 4 rings (SSSR count). The molecule has 1 fully saturated rings. The normalized spacial score (nSPS) is 19.6. The Morgan fingerprint density at radius 2 is 2.00 bits per heavy atom. The predicted octanol–water partition coefficient (Wildman–Crippen LogP) is 3.04. The van der Waals surface area contributed by atoms with Gasteiger partial charge in [0, 0.05) is 42.1 Å². The van der Waals surface area contributed by atoms with Gasteiger partial charge in [0.25, 0.3) is 0 Å². The molecule has 1 aliphatic rings. The van der Waals surface area contributed by atoms with E-state index in [0.29, 0.717) is 18.5 Å². The van der Waals surface area contributed by atoms with Gasteiger partial charge in [0.05, 0.1) is 31.5 Å². The van der Waals surface area contributed by atoms with Gasteiger partial charge in [-0.2, -0.15) is 0 Å². The zero-order valence-corrected chi connectivity index (χ0v) is 18.6. The Labute approximate surface area is 186 Å². The molecule has 0 aliphatic heterocycles. The number of hydrogen-bond donors (Lipinski definition) is 2. The van der Waals surface area contributed by atoms with Crippen molar-refractivity contribution in [3.8, 4) is 11.1 Å². The number of aliphatic hydroxyl groups is 1. The summed E-state index contributed by atoms with van der Waals surface area (Å²) in [6.45, 7) is 2.56. The maximum absolute atomic E-state index is 11.7. The molecule has 3 heterocycles. The minimum Gasteiger partial charge on any atom is -0.464 e. The third kappa shape index (κ3) is 4.58. The fourth-order valence-corrected chi connectivity index (χ4v) is 4.27. The van der Waals surface area contributed by atoms with Gasteiger partial charge in [-0.05, 0) is 44.7 Å². The van der Waals surface area contributed by atoms with Crippen molar-refractivity contribution in [2.24, 2.45) is 0 Å². The summed E-state index contributed by atoms with van der Waals surface area (Å²) in [6.07, 6.45) is 6.61. The number of nitrogens with zero attached hydrogens (tertiary/aromatic N) is 4. The van der Waals surface area contributed by atoms with Gasteiger partial charge in [-0.3, -0.25) is 0 Å². The zero-order valence-electron chi connectivity index (χ0n) is 18.6. The SMILES string of the molecule is COC[C@H](C)Nc1ncc2c(-c3ccc(C(=O)OC)nc3)cc([C@H]3CC[C@H](O)CC3)n2n1. The quantitative estimate of drug-likeness (QED) is 0.541. The van der Waals surface area contributed by atoms with Crippen molar-refractivity contribution < 1.29 is 19.4 Å². The minimum atomic E-state index is -0.469. The zero-order chi connectivity index (χ0) is 22.7. The van der Waals surface area contributed by atoms with Crippen molar-refractivity contribution in [3.05, 3.63) is 42.0 Å². The first-order valence-corrected chi connectivity index (χ1v) is 10.9. The summed E-state index contributed by atoms with van der Waals surface area (Å²) >= 11 is 0. The van der Waals surface area contributed by atoms with Crippen LogP contribution in [0.15, 0.2) is 30.6 Å². The molecule has 0 amide bonds. The molecule has 1 saturated carbocycles. The molecule has 3 aromatic rings. The smallest absolute Gasteiger partial charge is 0.356 e. The van der Waals surface area contributed by atoms with Gasteiger partial charge in [0.1, 0.15) is 5.69 Å². The average molecular weight is 440 g/mol. The van der Waals surface area contributed by atoms with Gasteiger partial charge in [0.15, 0.2) is 0 Å². The average Bonchev–Trinajstić information content (AvgIpc) is 3.18. The third-order valence-corrected chi connectivity index (χ3v) is 5.92. The van der Waals surface area contributed by atoms with E-state index in [0.717, 1.165) is 48.0 Å². The lowest BCUT2D eigenvalue weighted by Crippen LogP contribution is -2.23. The molecule has 0 unspecified atom stereocenters. The Morgan fingerprint density at radius 3 is 2.66 bits per heavy atom. The van der Waals surface area contributed by atoms with E-state index in [1.165, 1.54) is 7.11 Å². The van der Waals surface area contributed by atoms with E-state index < -0.39 is 5.97 Å². The van der Waals surface area contributed by atoms with Crippen molar-refractivity contribution in [3.63, 3.8) is 0 Å². The number of anilines is 1. The maximum Gasteiger partial charge on any atom is 0.356 e. The van der Waals surface area contributed by atoms with E-state index in [1.54, 1.807) is 25.6 Å². The highest BCUT2D eigenvalue weighted by Crippen LogP contribution is 2.37. The monoisotopic (exact) mass is 439 g/mol. The lowest BCUT2D eigenvalue weighted by Gasteiger charge is -2.25. The van der Waals surface area contributed by atoms with Gasteiger partial charge in [-0.25, -0.2) is 19.3 Å². The molecule has 0 radical (unpaired) electrons. The van der Waals surface area contributed by atoms with E-state index in [4.69, 9.17) is 14.6 Å². The van der Waals surface area contributed by atoms with Crippen LogP contribution in [0.25, 0.3) is 16.6 Å². The van der Waals surface area contributed by atoms with Gasteiger partial charge < -0.3 is 19.9 Å². The molecule has 0 aromatic carbocycles. The number of fused-ring (bicyclic) bond motifs is 1. The van der Waals surface area contributed by atoms with Crippen LogP contribution in [0.4, 0.5) is 5.95 Å². The fraction of sp³-hybridized carbons (Fsp3) is 0.478. The number of pyridine rings is 1. The van der Waals surface area contributed by atoms with Gasteiger partial charge in [0.2, 0.25) is 5.95 Å². The molecule has 2 N–H and O–H groups in total. The highest BCUT2D eigenvalue weighted by Gasteiger charge is 2.26. The first-order valence-electron chi connectivity index (χ1n) is 10.9. The minimum absolute atomic E-state index is 0.0656. The molecular weight excluding hydrogens is 410 g/mol. The van der Waals surface area contributed by atoms with E-state index in [9.17, 15) is 9.90 Å². The number of nitrogens with one attached hydrogen (secondary N) is 1. The van der Waals surface area contributed by atoms with Crippen LogP contribution in [0, 0.1) is 0 Å². The Hall–Kier alpha value is -3.04. The second-order valence-electron chi connectivity index (χ2n) is 8.29.